The Kier molecular flexibility index (Phi) is 4.15. The molecule has 0 aliphatic rings. The van der Waals surface area contributed by atoms with E-state index >= 15 is 0 Å². The van der Waals surface area contributed by atoms with Crippen LogP contribution in [0.25, 0.3) is 16.9 Å². The van der Waals surface area contributed by atoms with Crippen molar-refractivity contribution in [3.05, 3.63) is 65.4 Å². The predicted octanol–water partition coefficient (Wildman–Crippen LogP) is 4.60. The Labute approximate surface area is 155 Å². The normalized spacial score (nSPS) is 11.7. The van der Waals surface area contributed by atoms with E-state index in [2.05, 4.69) is 25.6 Å². The van der Waals surface area contributed by atoms with Crippen LogP contribution in [-0.2, 0) is 6.18 Å². The highest BCUT2D eigenvalue weighted by molar-refractivity contribution is 6.30. The van der Waals surface area contributed by atoms with Crippen LogP contribution >= 0.6 is 11.6 Å². The Balaban J connectivity index is 1.73. The highest BCUT2D eigenvalue weighted by Crippen LogP contribution is 2.35. The number of hydrogen-bond donors (Lipinski definition) is 1. The number of anilines is 2. The van der Waals surface area contributed by atoms with Crippen molar-refractivity contribution < 1.29 is 13.2 Å². The number of alkyl halides is 3. The van der Waals surface area contributed by atoms with Gasteiger partial charge in [-0.3, -0.25) is 4.98 Å². The Hall–Kier alpha value is -3.20. The molecule has 4 aromatic rings. The van der Waals surface area contributed by atoms with Gasteiger partial charge in [0.25, 0.3) is 0 Å². The van der Waals surface area contributed by atoms with Crippen molar-refractivity contribution in [1.29, 1.82) is 0 Å². The minimum absolute atomic E-state index is 0.192. The quantitative estimate of drug-likeness (QED) is 0.553. The van der Waals surface area contributed by atoms with Crippen LogP contribution in [0.5, 0.6) is 0 Å². The average molecular weight is 391 g/mol. The van der Waals surface area contributed by atoms with Crippen LogP contribution in [0.1, 0.15) is 5.56 Å². The van der Waals surface area contributed by atoms with Crippen molar-refractivity contribution in [1.82, 2.24) is 24.8 Å². The molecule has 1 aromatic carbocycles. The zero-order valence-corrected chi connectivity index (χ0v) is 14.2. The molecule has 4 rings (SSSR count). The molecule has 27 heavy (non-hydrogen) atoms. The molecule has 0 fully saturated rings. The molecule has 3 heterocycles. The van der Waals surface area contributed by atoms with E-state index in [0.29, 0.717) is 16.7 Å². The van der Waals surface area contributed by atoms with Gasteiger partial charge in [0.05, 0.1) is 17.5 Å². The molecule has 0 aliphatic heterocycles. The van der Waals surface area contributed by atoms with Crippen LogP contribution in [0, 0.1) is 0 Å². The SMILES string of the molecule is FC(F)(F)c1cccnc1-c1cnn2c(Nc3cccc(Cl)c3)nnc2c1. The summed E-state index contributed by atoms with van der Waals surface area (Å²) in [6.07, 6.45) is -1.94. The summed E-state index contributed by atoms with van der Waals surface area (Å²) >= 11 is 5.95. The fourth-order valence-corrected chi connectivity index (χ4v) is 2.75. The number of nitrogens with one attached hydrogen (secondary N) is 1. The summed E-state index contributed by atoms with van der Waals surface area (Å²) in [6.45, 7) is 0. The first kappa shape index (κ1) is 17.2. The number of halogens is 4. The average Bonchev–Trinajstić information content (AvgIpc) is 3.03. The molecule has 0 unspecified atom stereocenters. The minimum atomic E-state index is -4.53. The van der Waals surface area contributed by atoms with E-state index in [1.165, 1.54) is 29.0 Å². The molecule has 10 heteroatoms. The van der Waals surface area contributed by atoms with Crippen molar-refractivity contribution in [2.45, 2.75) is 6.18 Å². The Morgan fingerprint density at radius 3 is 2.67 bits per heavy atom. The van der Waals surface area contributed by atoms with Crippen molar-refractivity contribution in [3.8, 4) is 11.3 Å². The Morgan fingerprint density at radius 2 is 1.89 bits per heavy atom. The summed E-state index contributed by atoms with van der Waals surface area (Å²) in [5, 5.41) is 15.6. The van der Waals surface area contributed by atoms with E-state index in [4.69, 9.17) is 11.6 Å². The lowest BCUT2D eigenvalue weighted by atomic mass is 10.1. The van der Waals surface area contributed by atoms with Gasteiger partial charge in [-0.2, -0.15) is 22.8 Å². The largest absolute Gasteiger partial charge is 0.418 e. The third-order valence-corrected chi connectivity index (χ3v) is 3.96. The Bertz CT molecular complexity index is 1130. The van der Waals surface area contributed by atoms with Gasteiger partial charge in [0, 0.05) is 22.5 Å². The standard InChI is InChI=1S/C17H10ClF3N6/c18-11-3-1-4-12(8-11)24-16-26-25-14-7-10(9-23-27(14)16)15-13(17(19,20)21)5-2-6-22-15/h1-9H,(H,24,26). The summed E-state index contributed by atoms with van der Waals surface area (Å²) in [5.74, 6) is 0.302. The van der Waals surface area contributed by atoms with E-state index in [9.17, 15) is 13.2 Å². The highest BCUT2D eigenvalue weighted by atomic mass is 35.5. The first-order valence-corrected chi connectivity index (χ1v) is 8.06. The van der Waals surface area contributed by atoms with Gasteiger partial charge in [-0.1, -0.05) is 17.7 Å². The molecular weight excluding hydrogens is 381 g/mol. The summed E-state index contributed by atoms with van der Waals surface area (Å²) in [6, 6.07) is 10.6. The van der Waals surface area contributed by atoms with E-state index in [1.807, 2.05) is 0 Å². The van der Waals surface area contributed by atoms with Gasteiger partial charge in [-0.25, -0.2) is 0 Å². The van der Waals surface area contributed by atoms with Gasteiger partial charge in [0.1, 0.15) is 0 Å². The maximum Gasteiger partial charge on any atom is 0.418 e. The van der Waals surface area contributed by atoms with Gasteiger partial charge in [0.15, 0.2) is 5.65 Å². The van der Waals surface area contributed by atoms with Gasteiger partial charge in [-0.05, 0) is 36.4 Å². The number of nitrogens with zero attached hydrogens (tertiary/aromatic N) is 5. The minimum Gasteiger partial charge on any atom is -0.323 e. The maximum absolute atomic E-state index is 13.2. The number of hydrogen-bond acceptors (Lipinski definition) is 5. The van der Waals surface area contributed by atoms with Crippen molar-refractivity contribution >= 4 is 28.9 Å². The zero-order chi connectivity index (χ0) is 19.0. The molecule has 1 N–H and O–H groups in total. The summed E-state index contributed by atoms with van der Waals surface area (Å²) in [5.41, 5.74) is 0.0833. The number of benzene rings is 1. The van der Waals surface area contributed by atoms with E-state index < -0.39 is 11.7 Å². The molecule has 0 aliphatic carbocycles. The van der Waals surface area contributed by atoms with Crippen LogP contribution in [0.2, 0.25) is 5.02 Å². The fraction of sp³-hybridized carbons (Fsp3) is 0.0588. The van der Waals surface area contributed by atoms with Gasteiger partial charge < -0.3 is 5.32 Å². The topological polar surface area (TPSA) is 68.0 Å². The van der Waals surface area contributed by atoms with E-state index in [-0.39, 0.29) is 16.9 Å². The lowest BCUT2D eigenvalue weighted by Gasteiger charge is -2.11. The summed E-state index contributed by atoms with van der Waals surface area (Å²) < 4.78 is 41.0. The highest BCUT2D eigenvalue weighted by Gasteiger charge is 2.34. The van der Waals surface area contributed by atoms with Crippen LogP contribution in [0.15, 0.2) is 54.9 Å². The molecule has 0 bridgehead atoms. The predicted molar refractivity (Wildman–Crippen MR) is 93.7 cm³/mol. The molecular formula is C17H10ClF3N6. The first-order valence-electron chi connectivity index (χ1n) is 7.68. The molecule has 3 aromatic heterocycles. The smallest absolute Gasteiger partial charge is 0.323 e. The molecule has 0 spiro atoms. The van der Waals surface area contributed by atoms with Crippen molar-refractivity contribution in [3.63, 3.8) is 0 Å². The fourth-order valence-electron chi connectivity index (χ4n) is 2.56. The molecule has 0 saturated carbocycles. The lowest BCUT2D eigenvalue weighted by molar-refractivity contribution is -0.137. The second-order valence-corrected chi connectivity index (χ2v) is 6.01. The molecule has 136 valence electrons. The molecule has 0 amide bonds. The van der Waals surface area contributed by atoms with Crippen LogP contribution in [0.3, 0.4) is 0 Å². The van der Waals surface area contributed by atoms with E-state index in [0.717, 1.165) is 6.07 Å². The van der Waals surface area contributed by atoms with Gasteiger partial charge >= 0.3 is 6.18 Å². The van der Waals surface area contributed by atoms with Crippen LogP contribution in [0.4, 0.5) is 24.8 Å². The van der Waals surface area contributed by atoms with Crippen molar-refractivity contribution in [2.24, 2.45) is 0 Å². The summed E-state index contributed by atoms with van der Waals surface area (Å²) in [7, 11) is 0. The number of pyridine rings is 1. The lowest BCUT2D eigenvalue weighted by Crippen LogP contribution is -2.08. The maximum atomic E-state index is 13.2. The van der Waals surface area contributed by atoms with Crippen LogP contribution < -0.4 is 5.32 Å². The molecule has 0 saturated heterocycles. The van der Waals surface area contributed by atoms with Gasteiger partial charge in [0.2, 0.25) is 5.95 Å². The Morgan fingerprint density at radius 1 is 1.04 bits per heavy atom. The number of rotatable bonds is 3. The van der Waals surface area contributed by atoms with Crippen molar-refractivity contribution in [2.75, 3.05) is 5.32 Å². The first-order chi connectivity index (χ1) is 12.9. The third kappa shape index (κ3) is 3.41. The van der Waals surface area contributed by atoms with E-state index in [1.54, 1.807) is 24.3 Å². The second kappa shape index (κ2) is 6.51. The molecule has 0 atom stereocenters. The monoisotopic (exact) mass is 390 g/mol. The summed E-state index contributed by atoms with van der Waals surface area (Å²) in [4.78, 5) is 3.86. The third-order valence-electron chi connectivity index (χ3n) is 3.73. The number of fused-ring (bicyclic) bond motifs is 1. The molecule has 0 radical (unpaired) electrons. The second-order valence-electron chi connectivity index (χ2n) is 5.57. The van der Waals surface area contributed by atoms with Crippen LogP contribution in [-0.4, -0.2) is 24.8 Å². The number of aromatic nitrogens is 5. The van der Waals surface area contributed by atoms with Gasteiger partial charge in [-0.15, -0.1) is 10.2 Å². The molecule has 6 nitrogen and oxygen atoms in total. The zero-order valence-electron chi connectivity index (χ0n) is 13.4.